The van der Waals surface area contributed by atoms with Gasteiger partial charge in [0.25, 0.3) is 5.91 Å². The highest BCUT2D eigenvalue weighted by atomic mass is 16.5. The van der Waals surface area contributed by atoms with Crippen molar-refractivity contribution in [1.82, 2.24) is 5.43 Å². The van der Waals surface area contributed by atoms with Gasteiger partial charge in [-0.15, -0.1) is 0 Å². The van der Waals surface area contributed by atoms with Crippen LogP contribution in [0.3, 0.4) is 0 Å². The Morgan fingerprint density at radius 3 is 2.60 bits per heavy atom. The molecule has 2 unspecified atom stereocenters. The third-order valence-corrected chi connectivity index (χ3v) is 6.70. The quantitative estimate of drug-likeness (QED) is 0.648. The number of amides is 4. The zero-order chi connectivity index (χ0) is 24.5. The molecule has 5 rings (SSSR count). The van der Waals surface area contributed by atoms with E-state index in [9.17, 15) is 19.2 Å². The van der Waals surface area contributed by atoms with Crippen LogP contribution in [-0.4, -0.2) is 37.3 Å². The van der Waals surface area contributed by atoms with E-state index in [2.05, 4.69) is 10.7 Å². The Balaban J connectivity index is 1.36. The first-order chi connectivity index (χ1) is 17.0. The molecule has 0 bridgehead atoms. The van der Waals surface area contributed by atoms with Gasteiger partial charge in [0.05, 0.1) is 30.3 Å². The average Bonchev–Trinajstić information content (AvgIpc) is 3.31. The van der Waals surface area contributed by atoms with E-state index in [0.717, 1.165) is 6.42 Å². The SMILES string of the molecule is COc1ccc(NC(=O)c2cccc(N3NC(=O)C4CC=CCC4C3=O)c2)cc1N1CCCC1=O. The Morgan fingerprint density at radius 1 is 1.06 bits per heavy atom. The summed E-state index contributed by atoms with van der Waals surface area (Å²) in [6.07, 6.45) is 6.18. The highest BCUT2D eigenvalue weighted by Gasteiger charge is 2.42. The first-order valence-corrected chi connectivity index (χ1v) is 11.7. The number of nitrogens with one attached hydrogen (secondary N) is 2. The Kier molecular flexibility index (Phi) is 5.98. The minimum Gasteiger partial charge on any atom is -0.495 e. The van der Waals surface area contributed by atoms with Gasteiger partial charge in [-0.05, 0) is 55.7 Å². The summed E-state index contributed by atoms with van der Waals surface area (Å²) < 4.78 is 5.41. The van der Waals surface area contributed by atoms with E-state index < -0.39 is 5.92 Å². The molecule has 4 amide bonds. The Morgan fingerprint density at radius 2 is 1.86 bits per heavy atom. The average molecular weight is 475 g/mol. The number of carbonyl (C=O) groups excluding carboxylic acids is 4. The summed E-state index contributed by atoms with van der Waals surface area (Å²) in [6, 6.07) is 11.7. The largest absolute Gasteiger partial charge is 0.495 e. The summed E-state index contributed by atoms with van der Waals surface area (Å²) in [6.45, 7) is 0.599. The summed E-state index contributed by atoms with van der Waals surface area (Å²) in [4.78, 5) is 52.6. The number of hydrazine groups is 1. The van der Waals surface area contributed by atoms with Crippen molar-refractivity contribution in [2.24, 2.45) is 11.8 Å². The van der Waals surface area contributed by atoms with E-state index in [1.54, 1.807) is 47.4 Å². The van der Waals surface area contributed by atoms with E-state index >= 15 is 0 Å². The summed E-state index contributed by atoms with van der Waals surface area (Å²) in [5, 5.41) is 4.09. The summed E-state index contributed by atoms with van der Waals surface area (Å²) in [7, 11) is 1.54. The fourth-order valence-corrected chi connectivity index (χ4v) is 4.85. The molecule has 2 saturated heterocycles. The number of hydrogen-bond acceptors (Lipinski definition) is 5. The van der Waals surface area contributed by atoms with Crippen LogP contribution in [0.15, 0.2) is 54.6 Å². The van der Waals surface area contributed by atoms with Crippen LogP contribution in [-0.2, 0) is 14.4 Å². The molecule has 2 atom stereocenters. The van der Waals surface area contributed by atoms with Crippen molar-refractivity contribution in [3.8, 4) is 5.75 Å². The molecule has 2 N–H and O–H groups in total. The molecule has 2 heterocycles. The van der Waals surface area contributed by atoms with Crippen LogP contribution in [0.5, 0.6) is 5.75 Å². The van der Waals surface area contributed by atoms with Gasteiger partial charge >= 0.3 is 0 Å². The maximum Gasteiger partial charge on any atom is 0.255 e. The van der Waals surface area contributed by atoms with Crippen LogP contribution in [0.25, 0.3) is 0 Å². The first kappa shape index (κ1) is 22.6. The smallest absolute Gasteiger partial charge is 0.255 e. The van der Waals surface area contributed by atoms with Gasteiger partial charge in [0.1, 0.15) is 5.75 Å². The Labute approximate surface area is 202 Å². The lowest BCUT2D eigenvalue weighted by molar-refractivity contribution is -0.139. The number of hydrogen-bond donors (Lipinski definition) is 2. The predicted octanol–water partition coefficient (Wildman–Crippen LogP) is 3.03. The van der Waals surface area contributed by atoms with Gasteiger partial charge in [-0.25, -0.2) is 5.01 Å². The molecular weight excluding hydrogens is 448 g/mol. The molecule has 0 spiro atoms. The van der Waals surface area contributed by atoms with E-state index in [1.807, 2.05) is 12.2 Å². The topological polar surface area (TPSA) is 108 Å². The second kappa shape index (κ2) is 9.25. The van der Waals surface area contributed by atoms with Crippen molar-refractivity contribution < 1.29 is 23.9 Å². The van der Waals surface area contributed by atoms with Gasteiger partial charge in [0.2, 0.25) is 17.7 Å². The summed E-state index contributed by atoms with van der Waals surface area (Å²) >= 11 is 0. The lowest BCUT2D eigenvalue weighted by Gasteiger charge is -2.38. The van der Waals surface area contributed by atoms with Crippen molar-refractivity contribution >= 4 is 40.7 Å². The van der Waals surface area contributed by atoms with Crippen LogP contribution in [0.2, 0.25) is 0 Å². The molecular formula is C26H26N4O5. The molecule has 9 nitrogen and oxygen atoms in total. The van der Waals surface area contributed by atoms with Crippen molar-refractivity contribution in [3.05, 3.63) is 60.2 Å². The third-order valence-electron chi connectivity index (χ3n) is 6.70. The van der Waals surface area contributed by atoms with Gasteiger partial charge in [-0.1, -0.05) is 18.2 Å². The highest BCUT2D eigenvalue weighted by Crippen LogP contribution is 2.35. The van der Waals surface area contributed by atoms with Crippen molar-refractivity contribution in [1.29, 1.82) is 0 Å². The van der Waals surface area contributed by atoms with Crippen LogP contribution in [0.4, 0.5) is 17.1 Å². The van der Waals surface area contributed by atoms with E-state index in [4.69, 9.17) is 4.74 Å². The fraction of sp³-hybridized carbons (Fsp3) is 0.308. The second-order valence-corrected chi connectivity index (χ2v) is 8.85. The Hall–Kier alpha value is -4.14. The number of nitrogens with zero attached hydrogens (tertiary/aromatic N) is 2. The zero-order valence-corrected chi connectivity index (χ0v) is 19.3. The number of benzene rings is 2. The molecule has 0 aromatic heterocycles. The molecule has 35 heavy (non-hydrogen) atoms. The molecule has 2 aromatic rings. The normalized spacial score (nSPS) is 21.6. The van der Waals surface area contributed by atoms with Crippen LogP contribution < -0.4 is 25.4 Å². The maximum absolute atomic E-state index is 13.1. The predicted molar refractivity (Wildman–Crippen MR) is 130 cm³/mol. The monoisotopic (exact) mass is 474 g/mol. The van der Waals surface area contributed by atoms with E-state index in [-0.39, 0.29) is 29.5 Å². The lowest BCUT2D eigenvalue weighted by atomic mass is 9.80. The van der Waals surface area contributed by atoms with Gasteiger partial charge in [-0.3, -0.25) is 24.6 Å². The molecule has 0 radical (unpaired) electrons. The number of methoxy groups -OCH3 is 1. The number of fused-ring (bicyclic) bond motifs is 1. The van der Waals surface area contributed by atoms with Crippen LogP contribution in [0.1, 0.15) is 36.0 Å². The molecule has 2 fully saturated rings. The number of allylic oxidation sites excluding steroid dienone is 2. The number of carbonyl (C=O) groups is 4. The van der Waals surface area contributed by atoms with Crippen molar-refractivity contribution in [2.45, 2.75) is 25.7 Å². The van der Waals surface area contributed by atoms with Gasteiger partial charge in [0.15, 0.2) is 0 Å². The maximum atomic E-state index is 13.1. The third kappa shape index (κ3) is 4.25. The molecule has 2 aromatic carbocycles. The molecule has 0 saturated carbocycles. The zero-order valence-electron chi connectivity index (χ0n) is 19.3. The highest BCUT2D eigenvalue weighted by molar-refractivity contribution is 6.08. The van der Waals surface area contributed by atoms with Crippen LogP contribution in [0, 0.1) is 11.8 Å². The van der Waals surface area contributed by atoms with Crippen LogP contribution >= 0.6 is 0 Å². The van der Waals surface area contributed by atoms with Crippen molar-refractivity contribution in [3.63, 3.8) is 0 Å². The molecule has 1 aliphatic carbocycles. The second-order valence-electron chi connectivity index (χ2n) is 8.85. The summed E-state index contributed by atoms with van der Waals surface area (Å²) in [5.41, 5.74) is 4.54. The molecule has 9 heteroatoms. The van der Waals surface area contributed by atoms with Crippen molar-refractivity contribution in [2.75, 3.05) is 28.9 Å². The molecule has 2 aliphatic heterocycles. The minimum absolute atomic E-state index is 0.0171. The number of anilines is 3. The summed E-state index contributed by atoms with van der Waals surface area (Å²) in [5.74, 6) is -0.967. The number of ether oxygens (including phenoxy) is 1. The number of rotatable bonds is 5. The standard InChI is InChI=1S/C26H26N4O5/c1-35-22-12-11-17(15-21(22)29-13-5-10-23(29)31)27-24(32)16-6-4-7-18(14-16)30-26(34)20-9-3-2-8-19(20)25(33)28-30/h2-4,6-7,11-12,14-15,19-20H,5,8-10,13H2,1H3,(H,27,32)(H,28,33). The minimum atomic E-state index is -0.405. The van der Waals surface area contributed by atoms with E-state index in [1.165, 1.54) is 12.1 Å². The van der Waals surface area contributed by atoms with Gasteiger partial charge in [-0.2, -0.15) is 0 Å². The fourth-order valence-electron chi connectivity index (χ4n) is 4.85. The first-order valence-electron chi connectivity index (χ1n) is 11.7. The van der Waals surface area contributed by atoms with Gasteiger partial charge in [0, 0.05) is 24.2 Å². The molecule has 180 valence electrons. The van der Waals surface area contributed by atoms with Gasteiger partial charge < -0.3 is 15.0 Å². The van der Waals surface area contributed by atoms with E-state index in [0.29, 0.717) is 54.2 Å². The lowest BCUT2D eigenvalue weighted by Crippen LogP contribution is -2.59. The molecule has 3 aliphatic rings. The Bertz CT molecular complexity index is 1240.